The van der Waals surface area contributed by atoms with Crippen LogP contribution < -0.4 is 0 Å². The van der Waals surface area contributed by atoms with Crippen molar-refractivity contribution in [3.63, 3.8) is 0 Å². The molecule has 6 N–H and O–H groups in total. The van der Waals surface area contributed by atoms with E-state index in [4.69, 9.17) is 14.6 Å². The molecule has 0 spiro atoms. The molecule has 0 aromatic carbocycles. The first-order valence-corrected chi connectivity index (χ1v) is 17.0. The maximum Gasteiger partial charge on any atom is 0.474 e. The van der Waals surface area contributed by atoms with E-state index >= 15 is 0 Å². The fraction of sp³-hybridized carbons (Fsp3) is 0.931. The van der Waals surface area contributed by atoms with Crippen LogP contribution in [0.3, 0.4) is 0 Å². The van der Waals surface area contributed by atoms with Crippen molar-refractivity contribution in [1.29, 1.82) is 0 Å². The minimum atomic E-state index is -5.11. The number of phosphoric ester groups is 1. The van der Waals surface area contributed by atoms with E-state index in [1.54, 1.807) is 0 Å². The van der Waals surface area contributed by atoms with Crippen molar-refractivity contribution in [2.45, 2.75) is 136 Å². The van der Waals surface area contributed by atoms with Crippen LogP contribution in [0.4, 0.5) is 0 Å². The zero-order valence-corrected chi connectivity index (χ0v) is 27.1. The van der Waals surface area contributed by atoms with E-state index in [2.05, 4.69) is 43.7 Å². The van der Waals surface area contributed by atoms with Gasteiger partial charge >= 0.3 is 19.8 Å². The third-order valence-corrected chi connectivity index (χ3v) is 8.86. The quantitative estimate of drug-likeness (QED) is 0.0874. The SMILES string of the molecule is CC(C)CCC[C@@H](C)CCC[C@@H](C)CCC[C@@H](C)CCO[C@H](COP(=O)(O)O[C@H]1O[C@H](C(=O)O)[C@@H](O)[C@H](O)[C@H]1O)C(=O)O. The highest BCUT2D eigenvalue weighted by atomic mass is 31.2. The lowest BCUT2D eigenvalue weighted by Gasteiger charge is -2.38. The van der Waals surface area contributed by atoms with Crippen molar-refractivity contribution < 1.29 is 63.1 Å². The van der Waals surface area contributed by atoms with Gasteiger partial charge < -0.3 is 39.9 Å². The Balaban J connectivity index is 2.34. The van der Waals surface area contributed by atoms with E-state index in [9.17, 15) is 39.5 Å². The smallest absolute Gasteiger partial charge is 0.474 e. The van der Waals surface area contributed by atoms with Crippen molar-refractivity contribution in [3.05, 3.63) is 0 Å². The summed E-state index contributed by atoms with van der Waals surface area (Å²) in [5.41, 5.74) is 0. The van der Waals surface area contributed by atoms with Crippen LogP contribution in [-0.4, -0.2) is 92.4 Å². The first kappa shape index (κ1) is 39.9. The van der Waals surface area contributed by atoms with Gasteiger partial charge in [-0.15, -0.1) is 0 Å². The lowest BCUT2D eigenvalue weighted by atomic mass is 9.91. The zero-order valence-electron chi connectivity index (χ0n) is 26.2. The number of hydrogen-bond acceptors (Lipinski definition) is 10. The Hall–Kier alpha value is -1.15. The molecule has 10 atom stereocenters. The van der Waals surface area contributed by atoms with Crippen LogP contribution in [0.15, 0.2) is 0 Å². The molecule has 1 aliphatic rings. The maximum absolute atomic E-state index is 12.3. The fourth-order valence-electron chi connectivity index (χ4n) is 5.00. The molecule has 0 bridgehead atoms. The summed E-state index contributed by atoms with van der Waals surface area (Å²) < 4.78 is 31.8. The van der Waals surface area contributed by atoms with Crippen molar-refractivity contribution >= 4 is 19.8 Å². The van der Waals surface area contributed by atoms with Crippen LogP contribution in [0.1, 0.15) is 98.8 Å². The summed E-state index contributed by atoms with van der Waals surface area (Å²) in [7, 11) is -5.11. The minimum Gasteiger partial charge on any atom is -0.479 e. The molecule has 0 aromatic rings. The van der Waals surface area contributed by atoms with Gasteiger partial charge in [-0.1, -0.05) is 92.4 Å². The minimum absolute atomic E-state index is 0.0805. The molecule has 1 heterocycles. The highest BCUT2D eigenvalue weighted by molar-refractivity contribution is 7.47. The van der Waals surface area contributed by atoms with Gasteiger partial charge in [0.2, 0.25) is 0 Å². The Kier molecular flexibility index (Phi) is 18.6. The molecule has 1 unspecified atom stereocenters. The average molecular weight is 643 g/mol. The van der Waals surface area contributed by atoms with Crippen LogP contribution in [0.2, 0.25) is 0 Å². The normalized spacial score (nSPS) is 26.9. The third-order valence-electron chi connectivity index (χ3n) is 7.91. The Labute approximate surface area is 255 Å². The van der Waals surface area contributed by atoms with E-state index in [0.29, 0.717) is 12.3 Å². The molecule has 1 aliphatic heterocycles. The van der Waals surface area contributed by atoms with Crippen LogP contribution in [-0.2, 0) is 32.7 Å². The number of aliphatic hydroxyl groups excluding tert-OH is 3. The van der Waals surface area contributed by atoms with Crippen LogP contribution in [0, 0.1) is 23.7 Å². The summed E-state index contributed by atoms with van der Waals surface area (Å²) >= 11 is 0. The van der Waals surface area contributed by atoms with E-state index in [1.165, 1.54) is 38.5 Å². The summed E-state index contributed by atoms with van der Waals surface area (Å²) in [6, 6.07) is 0. The van der Waals surface area contributed by atoms with Crippen molar-refractivity contribution in [1.82, 2.24) is 0 Å². The maximum atomic E-state index is 12.3. The summed E-state index contributed by atoms with van der Waals surface area (Å²) in [4.78, 5) is 32.7. The number of carbonyl (C=O) groups is 2. The van der Waals surface area contributed by atoms with Gasteiger partial charge in [0.1, 0.15) is 18.3 Å². The van der Waals surface area contributed by atoms with E-state index < -0.39 is 63.2 Å². The van der Waals surface area contributed by atoms with Gasteiger partial charge in [-0.05, 0) is 30.1 Å². The molecule has 254 valence electrons. The third kappa shape index (κ3) is 16.1. The second kappa shape index (κ2) is 20.1. The summed E-state index contributed by atoms with van der Waals surface area (Å²) in [6.07, 6.45) is -0.561. The van der Waals surface area contributed by atoms with Crippen LogP contribution in [0.25, 0.3) is 0 Å². The van der Waals surface area contributed by atoms with Gasteiger partial charge in [-0.2, -0.15) is 0 Å². The number of aliphatic carboxylic acids is 2. The van der Waals surface area contributed by atoms with Crippen molar-refractivity contribution in [3.8, 4) is 0 Å². The number of hydrogen-bond donors (Lipinski definition) is 6. The summed E-state index contributed by atoms with van der Waals surface area (Å²) in [5.74, 6) is -0.667. The highest BCUT2D eigenvalue weighted by Gasteiger charge is 2.49. The second-order valence-electron chi connectivity index (χ2n) is 12.6. The average Bonchev–Trinajstić information content (AvgIpc) is 2.90. The summed E-state index contributed by atoms with van der Waals surface area (Å²) in [5, 5.41) is 47.9. The number of rotatable bonds is 23. The molecule has 0 aliphatic carbocycles. The molecule has 1 fully saturated rings. The molecule has 0 radical (unpaired) electrons. The van der Waals surface area contributed by atoms with Crippen molar-refractivity contribution in [2.24, 2.45) is 23.7 Å². The lowest BCUT2D eigenvalue weighted by molar-refractivity contribution is -0.274. The van der Waals surface area contributed by atoms with Gasteiger partial charge in [0, 0.05) is 6.61 Å². The molecule has 1 saturated heterocycles. The monoisotopic (exact) mass is 642 g/mol. The van der Waals surface area contributed by atoms with E-state index in [1.807, 2.05) is 0 Å². The number of ether oxygens (including phenoxy) is 2. The second-order valence-corrected chi connectivity index (χ2v) is 14.0. The van der Waals surface area contributed by atoms with Gasteiger partial charge in [0.25, 0.3) is 0 Å². The largest absolute Gasteiger partial charge is 0.479 e. The topological polar surface area (TPSA) is 210 Å². The number of carboxylic acid groups (broad SMARTS) is 2. The molecule has 0 aromatic heterocycles. The Bertz CT molecular complexity index is 856. The number of carboxylic acids is 2. The molecule has 13 nitrogen and oxygen atoms in total. The predicted octanol–water partition coefficient (Wildman–Crippen LogP) is 3.95. The molecule has 0 saturated carbocycles. The molecular weight excluding hydrogens is 587 g/mol. The molecule has 1 rings (SSSR count). The first-order chi connectivity index (χ1) is 20.0. The fourth-order valence-corrected chi connectivity index (χ4v) is 5.82. The lowest BCUT2D eigenvalue weighted by Crippen LogP contribution is -2.60. The van der Waals surface area contributed by atoms with E-state index in [0.717, 1.165) is 31.1 Å². The Morgan fingerprint density at radius 1 is 0.767 bits per heavy atom. The Morgan fingerprint density at radius 3 is 1.72 bits per heavy atom. The molecule has 14 heteroatoms. The van der Waals surface area contributed by atoms with Gasteiger partial charge in [0.15, 0.2) is 18.5 Å². The highest BCUT2D eigenvalue weighted by Crippen LogP contribution is 2.46. The predicted molar refractivity (Wildman–Crippen MR) is 157 cm³/mol. The molecule has 0 amide bonds. The van der Waals surface area contributed by atoms with Crippen molar-refractivity contribution in [2.75, 3.05) is 13.2 Å². The summed E-state index contributed by atoms with van der Waals surface area (Å²) in [6.45, 7) is 10.4. The van der Waals surface area contributed by atoms with Crippen LogP contribution >= 0.6 is 7.82 Å². The number of aliphatic hydroxyl groups is 3. The van der Waals surface area contributed by atoms with Gasteiger partial charge in [0.05, 0.1) is 6.61 Å². The van der Waals surface area contributed by atoms with Crippen LogP contribution in [0.5, 0.6) is 0 Å². The van der Waals surface area contributed by atoms with E-state index in [-0.39, 0.29) is 12.5 Å². The zero-order chi connectivity index (χ0) is 32.7. The standard InChI is InChI=1S/C29H55O13P/c1-18(2)9-6-10-19(3)11-7-12-20(4)13-8-14-21(5)15-16-39-22(27(33)34)17-40-43(37,38)42-29-25(32)23(30)24(31)26(41-29)28(35)36/h18-26,29-32H,6-17H2,1-5H3,(H,33,34)(H,35,36)(H,37,38)/t19-,20-,21-,22-,23+,24+,25-,26+,29-/m1/s1. The van der Waals surface area contributed by atoms with Gasteiger partial charge in [-0.3, -0.25) is 9.05 Å². The Morgan fingerprint density at radius 2 is 1.26 bits per heavy atom. The van der Waals surface area contributed by atoms with Gasteiger partial charge in [-0.25, -0.2) is 14.2 Å². The molecule has 43 heavy (non-hydrogen) atoms. The number of phosphoric acid groups is 1. The first-order valence-electron chi connectivity index (χ1n) is 15.5. The molecular formula is C29H55O13P.